The first-order valence-corrected chi connectivity index (χ1v) is 8.37. The van der Waals surface area contributed by atoms with Gasteiger partial charge in [0.25, 0.3) is 0 Å². The van der Waals surface area contributed by atoms with Gasteiger partial charge in [0.1, 0.15) is 13.1 Å². The van der Waals surface area contributed by atoms with Crippen LogP contribution in [-0.2, 0) is 19.5 Å². The summed E-state index contributed by atoms with van der Waals surface area (Å²) >= 11 is 12.3. The largest absolute Gasteiger partial charge is 0.493 e. The standard InChI is InChI=1S/C18H19Cl2NO2/c1-22-17-7-12-5-6-21(11-14(12)8-18(17)23-2)10-13-3-4-15(19)9-16(13)20/h3-4,7-9H,5-6,10-11H2,1-2H3/p+1. The van der Waals surface area contributed by atoms with Crippen molar-refractivity contribution in [3.8, 4) is 11.5 Å². The third-order valence-electron chi connectivity index (χ3n) is 4.35. The van der Waals surface area contributed by atoms with Crippen LogP contribution in [0.3, 0.4) is 0 Å². The first kappa shape index (κ1) is 16.4. The lowest BCUT2D eigenvalue weighted by Gasteiger charge is -2.27. The van der Waals surface area contributed by atoms with Gasteiger partial charge in [0, 0.05) is 22.6 Å². The number of halogens is 2. The Bertz CT molecular complexity index is 718. The van der Waals surface area contributed by atoms with Crippen LogP contribution in [0.5, 0.6) is 11.5 Å². The predicted octanol–water partition coefficient (Wildman–Crippen LogP) is 3.15. The van der Waals surface area contributed by atoms with Gasteiger partial charge in [-0.2, -0.15) is 0 Å². The highest BCUT2D eigenvalue weighted by Crippen LogP contribution is 2.31. The molecule has 3 nitrogen and oxygen atoms in total. The Hall–Kier alpha value is -1.42. The van der Waals surface area contributed by atoms with Crippen LogP contribution in [-0.4, -0.2) is 20.8 Å². The summed E-state index contributed by atoms with van der Waals surface area (Å²) < 4.78 is 10.8. The van der Waals surface area contributed by atoms with E-state index in [4.69, 9.17) is 32.7 Å². The van der Waals surface area contributed by atoms with Crippen LogP contribution in [0.2, 0.25) is 10.0 Å². The van der Waals surface area contributed by atoms with Crippen LogP contribution >= 0.6 is 23.2 Å². The van der Waals surface area contributed by atoms with Crippen LogP contribution in [0, 0.1) is 0 Å². The summed E-state index contributed by atoms with van der Waals surface area (Å²) in [6.07, 6.45) is 1.02. The number of methoxy groups -OCH3 is 2. The average Bonchev–Trinajstić information content (AvgIpc) is 2.56. The molecule has 3 rings (SSSR count). The molecule has 23 heavy (non-hydrogen) atoms. The number of rotatable bonds is 4. The molecule has 1 aliphatic rings. The molecule has 0 saturated heterocycles. The zero-order chi connectivity index (χ0) is 16.4. The summed E-state index contributed by atoms with van der Waals surface area (Å²) in [6, 6.07) is 9.91. The van der Waals surface area contributed by atoms with Crippen molar-refractivity contribution < 1.29 is 14.4 Å². The Morgan fingerprint density at radius 3 is 2.35 bits per heavy atom. The average molecular weight is 353 g/mol. The molecular weight excluding hydrogens is 333 g/mol. The molecule has 0 radical (unpaired) electrons. The van der Waals surface area contributed by atoms with E-state index in [1.165, 1.54) is 16.0 Å². The number of hydrogen-bond donors (Lipinski definition) is 1. The highest BCUT2D eigenvalue weighted by molar-refractivity contribution is 6.35. The van der Waals surface area contributed by atoms with Crippen molar-refractivity contribution in [2.45, 2.75) is 19.5 Å². The number of nitrogens with one attached hydrogen (secondary N) is 1. The molecule has 0 spiro atoms. The molecule has 5 heteroatoms. The van der Waals surface area contributed by atoms with Gasteiger partial charge in [0.15, 0.2) is 11.5 Å². The van der Waals surface area contributed by atoms with Gasteiger partial charge in [-0.15, -0.1) is 0 Å². The SMILES string of the molecule is COc1cc2c(cc1OC)C[NH+](Cc1ccc(Cl)cc1Cl)CC2. The number of quaternary nitrogens is 1. The first-order valence-electron chi connectivity index (χ1n) is 7.62. The van der Waals surface area contributed by atoms with Crippen molar-refractivity contribution in [3.05, 3.63) is 57.1 Å². The van der Waals surface area contributed by atoms with Crippen molar-refractivity contribution in [2.24, 2.45) is 0 Å². The van der Waals surface area contributed by atoms with E-state index in [1.807, 2.05) is 18.2 Å². The summed E-state index contributed by atoms with van der Waals surface area (Å²) in [4.78, 5) is 1.48. The Labute approximate surface area is 146 Å². The Morgan fingerprint density at radius 2 is 1.70 bits per heavy atom. The van der Waals surface area contributed by atoms with Crippen LogP contribution in [0.15, 0.2) is 30.3 Å². The fourth-order valence-corrected chi connectivity index (χ4v) is 3.59. The molecular formula is C18H20Cl2NO2+. The van der Waals surface area contributed by atoms with Crippen LogP contribution in [0.4, 0.5) is 0 Å². The summed E-state index contributed by atoms with van der Waals surface area (Å²) in [6.45, 7) is 2.92. The summed E-state index contributed by atoms with van der Waals surface area (Å²) in [5, 5.41) is 1.41. The second-order valence-electron chi connectivity index (χ2n) is 5.82. The molecule has 0 fully saturated rings. The van der Waals surface area contributed by atoms with Gasteiger partial charge in [-0.1, -0.05) is 29.3 Å². The molecule has 0 saturated carbocycles. The van der Waals surface area contributed by atoms with Crippen LogP contribution in [0.25, 0.3) is 0 Å². The van der Waals surface area contributed by atoms with Crippen LogP contribution < -0.4 is 14.4 Å². The van der Waals surface area contributed by atoms with E-state index in [0.717, 1.165) is 48.1 Å². The van der Waals surface area contributed by atoms with Gasteiger partial charge in [-0.3, -0.25) is 0 Å². The number of hydrogen-bond acceptors (Lipinski definition) is 2. The van der Waals surface area contributed by atoms with Crippen molar-refractivity contribution in [2.75, 3.05) is 20.8 Å². The maximum atomic E-state index is 6.30. The zero-order valence-corrected chi connectivity index (χ0v) is 14.8. The van der Waals surface area contributed by atoms with Crippen molar-refractivity contribution in [1.29, 1.82) is 0 Å². The van der Waals surface area contributed by atoms with E-state index in [9.17, 15) is 0 Å². The fourth-order valence-electron chi connectivity index (χ4n) is 3.11. The smallest absolute Gasteiger partial charge is 0.161 e. The van der Waals surface area contributed by atoms with Gasteiger partial charge in [-0.05, 0) is 29.8 Å². The number of ether oxygens (including phenoxy) is 2. The molecule has 1 aliphatic heterocycles. The zero-order valence-electron chi connectivity index (χ0n) is 13.3. The lowest BCUT2D eigenvalue weighted by Crippen LogP contribution is -3.10. The van der Waals surface area contributed by atoms with E-state index in [-0.39, 0.29) is 0 Å². The summed E-state index contributed by atoms with van der Waals surface area (Å²) in [5.41, 5.74) is 3.79. The van der Waals surface area contributed by atoms with Gasteiger partial charge >= 0.3 is 0 Å². The topological polar surface area (TPSA) is 22.9 Å². The molecule has 122 valence electrons. The summed E-state index contributed by atoms with van der Waals surface area (Å²) in [7, 11) is 3.35. The van der Waals surface area contributed by atoms with Crippen molar-refractivity contribution in [1.82, 2.24) is 0 Å². The van der Waals surface area contributed by atoms with E-state index in [1.54, 1.807) is 14.2 Å². The van der Waals surface area contributed by atoms with Gasteiger partial charge < -0.3 is 14.4 Å². The minimum absolute atomic E-state index is 0.676. The maximum Gasteiger partial charge on any atom is 0.161 e. The first-order chi connectivity index (χ1) is 11.1. The predicted molar refractivity (Wildman–Crippen MR) is 92.9 cm³/mol. The maximum absolute atomic E-state index is 6.30. The Morgan fingerprint density at radius 1 is 1.00 bits per heavy atom. The highest BCUT2D eigenvalue weighted by Gasteiger charge is 2.23. The molecule has 2 aromatic carbocycles. The van der Waals surface area contributed by atoms with E-state index < -0.39 is 0 Å². The number of fused-ring (bicyclic) bond motifs is 1. The van der Waals surface area contributed by atoms with E-state index in [2.05, 4.69) is 12.1 Å². The molecule has 1 heterocycles. The summed E-state index contributed by atoms with van der Waals surface area (Å²) in [5.74, 6) is 1.59. The Balaban J connectivity index is 1.79. The third-order valence-corrected chi connectivity index (χ3v) is 4.94. The second kappa shape index (κ2) is 7.00. The van der Waals surface area contributed by atoms with Crippen molar-refractivity contribution in [3.63, 3.8) is 0 Å². The quantitative estimate of drug-likeness (QED) is 0.913. The van der Waals surface area contributed by atoms with E-state index >= 15 is 0 Å². The second-order valence-corrected chi connectivity index (χ2v) is 6.66. The molecule has 1 atom stereocenters. The monoisotopic (exact) mass is 352 g/mol. The normalized spacial score (nSPS) is 16.8. The lowest BCUT2D eigenvalue weighted by atomic mass is 9.98. The van der Waals surface area contributed by atoms with E-state index in [0.29, 0.717) is 5.02 Å². The van der Waals surface area contributed by atoms with Crippen molar-refractivity contribution >= 4 is 23.2 Å². The minimum atomic E-state index is 0.676. The number of benzene rings is 2. The molecule has 2 aromatic rings. The molecule has 0 aliphatic carbocycles. The Kier molecular flexibility index (Phi) is 5.00. The minimum Gasteiger partial charge on any atom is -0.493 e. The fraction of sp³-hybridized carbons (Fsp3) is 0.333. The lowest BCUT2D eigenvalue weighted by molar-refractivity contribution is -0.929. The molecule has 1 unspecified atom stereocenters. The highest BCUT2D eigenvalue weighted by atomic mass is 35.5. The third kappa shape index (κ3) is 3.57. The molecule has 0 aromatic heterocycles. The molecule has 0 bridgehead atoms. The van der Waals surface area contributed by atoms with Gasteiger partial charge in [0.2, 0.25) is 0 Å². The van der Waals surface area contributed by atoms with Gasteiger partial charge in [-0.25, -0.2) is 0 Å². The van der Waals surface area contributed by atoms with Crippen LogP contribution in [0.1, 0.15) is 16.7 Å². The molecule has 1 N–H and O–H groups in total. The van der Waals surface area contributed by atoms with Gasteiger partial charge in [0.05, 0.1) is 25.8 Å². The molecule has 0 amide bonds.